The zero-order chi connectivity index (χ0) is 19.6. The molecule has 0 saturated heterocycles. The van der Waals surface area contributed by atoms with Crippen molar-refractivity contribution in [2.75, 3.05) is 25.1 Å². The second-order valence-corrected chi connectivity index (χ2v) is 6.61. The van der Waals surface area contributed by atoms with Crippen LogP contribution in [0, 0.1) is 6.92 Å². The Hall–Kier alpha value is -3.14. The fourth-order valence-corrected chi connectivity index (χ4v) is 2.74. The first-order chi connectivity index (χ1) is 13.7. The average molecular weight is 377 g/mol. The molecule has 28 heavy (non-hydrogen) atoms. The number of benzene rings is 3. The molecule has 0 amide bonds. The zero-order valence-corrected chi connectivity index (χ0v) is 16.4. The molecule has 1 unspecified atom stereocenters. The van der Waals surface area contributed by atoms with E-state index in [1.54, 1.807) is 0 Å². The number of nitrogens with one attached hydrogen (secondary N) is 1. The molecule has 146 valence electrons. The Morgan fingerprint density at radius 2 is 1.46 bits per heavy atom. The Labute approximate surface area is 167 Å². The maximum absolute atomic E-state index is 6.01. The minimum atomic E-state index is 0.0462. The molecule has 4 heteroatoms. The summed E-state index contributed by atoms with van der Waals surface area (Å²) in [7, 11) is 0. The Balaban J connectivity index is 1.42. The quantitative estimate of drug-likeness (QED) is 0.485. The molecule has 0 aliphatic rings. The standard InChI is InChI=1S/C24H27NO3/c1-19-9-6-7-14-24(19)28-20(2)18-25-21-10-8-13-23(17-21)27-16-15-26-22-11-4-3-5-12-22/h3-14,17,20,25H,15-16,18H2,1-2H3. The van der Waals surface area contributed by atoms with Crippen LogP contribution in [0.5, 0.6) is 17.2 Å². The van der Waals surface area contributed by atoms with E-state index in [9.17, 15) is 0 Å². The van der Waals surface area contributed by atoms with Gasteiger partial charge in [-0.25, -0.2) is 0 Å². The van der Waals surface area contributed by atoms with Crippen LogP contribution < -0.4 is 19.5 Å². The Bertz CT molecular complexity index is 851. The van der Waals surface area contributed by atoms with Gasteiger partial charge in [0, 0.05) is 11.8 Å². The summed E-state index contributed by atoms with van der Waals surface area (Å²) in [5.74, 6) is 2.59. The van der Waals surface area contributed by atoms with Crippen molar-refractivity contribution in [3.63, 3.8) is 0 Å². The van der Waals surface area contributed by atoms with Crippen LogP contribution >= 0.6 is 0 Å². The van der Waals surface area contributed by atoms with Gasteiger partial charge >= 0.3 is 0 Å². The lowest BCUT2D eigenvalue weighted by Crippen LogP contribution is -2.23. The highest BCUT2D eigenvalue weighted by Gasteiger charge is 2.06. The van der Waals surface area contributed by atoms with E-state index >= 15 is 0 Å². The van der Waals surface area contributed by atoms with Crippen molar-refractivity contribution in [1.29, 1.82) is 0 Å². The van der Waals surface area contributed by atoms with Gasteiger partial charge in [0.05, 0.1) is 6.54 Å². The number of anilines is 1. The summed E-state index contributed by atoms with van der Waals surface area (Å²) in [5.41, 5.74) is 2.14. The van der Waals surface area contributed by atoms with E-state index in [2.05, 4.69) is 25.2 Å². The van der Waals surface area contributed by atoms with Gasteiger partial charge in [-0.3, -0.25) is 0 Å². The molecule has 1 N–H and O–H groups in total. The number of aryl methyl sites for hydroxylation is 1. The third-order valence-corrected chi connectivity index (χ3v) is 4.21. The maximum atomic E-state index is 6.01. The molecule has 0 heterocycles. The number of para-hydroxylation sites is 2. The van der Waals surface area contributed by atoms with Crippen LogP contribution in [0.4, 0.5) is 5.69 Å². The Morgan fingerprint density at radius 3 is 2.25 bits per heavy atom. The van der Waals surface area contributed by atoms with Crippen molar-refractivity contribution >= 4 is 5.69 Å². The fraction of sp³-hybridized carbons (Fsp3) is 0.250. The monoisotopic (exact) mass is 377 g/mol. The van der Waals surface area contributed by atoms with E-state index in [-0.39, 0.29) is 6.10 Å². The van der Waals surface area contributed by atoms with Gasteiger partial charge in [0.1, 0.15) is 36.6 Å². The van der Waals surface area contributed by atoms with Gasteiger partial charge in [0.25, 0.3) is 0 Å². The lowest BCUT2D eigenvalue weighted by Gasteiger charge is -2.18. The summed E-state index contributed by atoms with van der Waals surface area (Å²) >= 11 is 0. The molecular weight excluding hydrogens is 350 g/mol. The lowest BCUT2D eigenvalue weighted by molar-refractivity contribution is 0.217. The predicted octanol–water partition coefficient (Wildman–Crippen LogP) is 5.33. The summed E-state index contributed by atoms with van der Waals surface area (Å²) in [4.78, 5) is 0. The molecule has 0 aliphatic heterocycles. The van der Waals surface area contributed by atoms with Crippen LogP contribution in [0.3, 0.4) is 0 Å². The van der Waals surface area contributed by atoms with Crippen LogP contribution in [0.1, 0.15) is 12.5 Å². The third kappa shape index (κ3) is 6.23. The summed E-state index contributed by atoms with van der Waals surface area (Å²) in [6.07, 6.45) is 0.0462. The molecule has 0 radical (unpaired) electrons. The van der Waals surface area contributed by atoms with Crippen molar-refractivity contribution < 1.29 is 14.2 Å². The zero-order valence-electron chi connectivity index (χ0n) is 16.4. The van der Waals surface area contributed by atoms with E-state index in [1.807, 2.05) is 72.8 Å². The number of hydrogen-bond donors (Lipinski definition) is 1. The van der Waals surface area contributed by atoms with Crippen molar-refractivity contribution in [3.8, 4) is 17.2 Å². The summed E-state index contributed by atoms with van der Waals surface area (Å²) < 4.78 is 17.4. The molecule has 0 saturated carbocycles. The molecule has 0 aliphatic carbocycles. The summed E-state index contributed by atoms with van der Waals surface area (Å²) in [6.45, 7) is 5.81. The molecule has 0 aromatic heterocycles. The first-order valence-electron chi connectivity index (χ1n) is 9.57. The molecule has 3 aromatic carbocycles. The van der Waals surface area contributed by atoms with Crippen molar-refractivity contribution in [2.45, 2.75) is 20.0 Å². The molecule has 0 fully saturated rings. The maximum Gasteiger partial charge on any atom is 0.122 e. The molecule has 3 rings (SSSR count). The van der Waals surface area contributed by atoms with Gasteiger partial charge in [0.15, 0.2) is 0 Å². The van der Waals surface area contributed by atoms with Gasteiger partial charge in [-0.1, -0.05) is 42.5 Å². The minimum Gasteiger partial charge on any atom is -0.490 e. The van der Waals surface area contributed by atoms with Crippen LogP contribution in [0.25, 0.3) is 0 Å². The Kier molecular flexibility index (Phi) is 7.19. The summed E-state index contributed by atoms with van der Waals surface area (Å²) in [6, 6.07) is 25.7. The Morgan fingerprint density at radius 1 is 0.786 bits per heavy atom. The highest BCUT2D eigenvalue weighted by molar-refractivity contribution is 5.48. The second kappa shape index (κ2) is 10.3. The highest BCUT2D eigenvalue weighted by atomic mass is 16.5. The third-order valence-electron chi connectivity index (χ3n) is 4.21. The van der Waals surface area contributed by atoms with Gasteiger partial charge in [-0.15, -0.1) is 0 Å². The van der Waals surface area contributed by atoms with Crippen molar-refractivity contribution in [1.82, 2.24) is 0 Å². The molecule has 1 atom stereocenters. The second-order valence-electron chi connectivity index (χ2n) is 6.61. The number of rotatable bonds is 10. The SMILES string of the molecule is Cc1ccccc1OC(C)CNc1cccc(OCCOc2ccccc2)c1. The summed E-state index contributed by atoms with van der Waals surface area (Å²) in [5, 5.41) is 3.40. The fourth-order valence-electron chi connectivity index (χ4n) is 2.74. The molecule has 3 aromatic rings. The van der Waals surface area contributed by atoms with Crippen LogP contribution in [-0.4, -0.2) is 25.9 Å². The van der Waals surface area contributed by atoms with E-state index in [0.717, 1.165) is 28.5 Å². The minimum absolute atomic E-state index is 0.0462. The smallest absolute Gasteiger partial charge is 0.122 e. The first-order valence-corrected chi connectivity index (χ1v) is 9.57. The highest BCUT2D eigenvalue weighted by Crippen LogP contribution is 2.20. The molecule has 0 spiro atoms. The lowest BCUT2D eigenvalue weighted by atomic mass is 10.2. The van der Waals surface area contributed by atoms with E-state index in [4.69, 9.17) is 14.2 Å². The van der Waals surface area contributed by atoms with Gasteiger partial charge in [0.2, 0.25) is 0 Å². The van der Waals surface area contributed by atoms with Gasteiger partial charge in [-0.2, -0.15) is 0 Å². The average Bonchev–Trinajstić information content (AvgIpc) is 2.73. The van der Waals surface area contributed by atoms with Crippen LogP contribution in [0.15, 0.2) is 78.9 Å². The van der Waals surface area contributed by atoms with Crippen LogP contribution in [0.2, 0.25) is 0 Å². The topological polar surface area (TPSA) is 39.7 Å². The van der Waals surface area contributed by atoms with Crippen LogP contribution in [-0.2, 0) is 0 Å². The van der Waals surface area contributed by atoms with E-state index in [1.165, 1.54) is 0 Å². The molecule has 0 bridgehead atoms. The van der Waals surface area contributed by atoms with Crippen molar-refractivity contribution in [3.05, 3.63) is 84.4 Å². The van der Waals surface area contributed by atoms with Crippen molar-refractivity contribution in [2.24, 2.45) is 0 Å². The number of ether oxygens (including phenoxy) is 3. The van der Waals surface area contributed by atoms with E-state index in [0.29, 0.717) is 19.8 Å². The number of hydrogen-bond acceptors (Lipinski definition) is 4. The van der Waals surface area contributed by atoms with E-state index < -0.39 is 0 Å². The predicted molar refractivity (Wildman–Crippen MR) is 114 cm³/mol. The van der Waals surface area contributed by atoms with Gasteiger partial charge < -0.3 is 19.5 Å². The first kappa shape index (κ1) is 19.6. The normalized spacial score (nSPS) is 11.5. The van der Waals surface area contributed by atoms with Gasteiger partial charge in [-0.05, 0) is 49.7 Å². The largest absolute Gasteiger partial charge is 0.490 e. The molecular formula is C24H27NO3. The molecule has 4 nitrogen and oxygen atoms in total.